The van der Waals surface area contributed by atoms with E-state index in [9.17, 15) is 24.3 Å². The molecule has 0 aliphatic rings. The lowest BCUT2D eigenvalue weighted by atomic mass is 9.89. The average Bonchev–Trinajstić information content (AvgIpc) is 3.22. The van der Waals surface area contributed by atoms with Gasteiger partial charge in [0.1, 0.15) is 25.0 Å². The number of nitrogens with two attached hydrogens (primary N) is 1. The molecule has 0 radical (unpaired) electrons. The summed E-state index contributed by atoms with van der Waals surface area (Å²) in [5.41, 5.74) is 9.92. The number of benzene rings is 5. The number of carbonyl (C=O) groups is 4. The second-order valence-electron chi connectivity index (χ2n) is 12.9. The van der Waals surface area contributed by atoms with Crippen LogP contribution in [0.1, 0.15) is 46.6 Å². The number of rotatable bonds is 16. The number of alkyl carbamates (subject to hydrolysis) is 2. The van der Waals surface area contributed by atoms with Gasteiger partial charge < -0.3 is 25.2 Å². The molecule has 288 valence electrons. The van der Waals surface area contributed by atoms with Crippen LogP contribution in [0.2, 0.25) is 0 Å². The van der Waals surface area contributed by atoms with Gasteiger partial charge in [-0.05, 0) is 59.2 Å². The average molecular weight is 756 g/mol. The van der Waals surface area contributed by atoms with Crippen molar-refractivity contribution in [2.75, 3.05) is 13.1 Å². The molecule has 0 bridgehead atoms. The zero-order valence-electron chi connectivity index (χ0n) is 30.8. The van der Waals surface area contributed by atoms with E-state index in [4.69, 9.17) is 15.2 Å². The molecule has 1 atom stereocenters. The van der Waals surface area contributed by atoms with Crippen molar-refractivity contribution in [1.29, 1.82) is 0 Å². The van der Waals surface area contributed by atoms with Gasteiger partial charge in [-0.15, -0.1) is 0 Å². The molecule has 5 rings (SSSR count). The number of aliphatic imine (C=N–C) groups is 1. The van der Waals surface area contributed by atoms with Crippen LogP contribution in [0.15, 0.2) is 151 Å². The molecule has 0 aliphatic carbocycles. The molecule has 0 aliphatic heterocycles. The maximum Gasteiger partial charge on any atom is 0.414 e. The van der Waals surface area contributed by atoms with E-state index in [2.05, 4.69) is 15.6 Å². The topological polar surface area (TPSA) is 173 Å². The first-order chi connectivity index (χ1) is 27.3. The highest BCUT2D eigenvalue weighted by atomic mass is 16.6. The Morgan fingerprint density at radius 1 is 0.643 bits per heavy atom. The van der Waals surface area contributed by atoms with Crippen LogP contribution in [-0.2, 0) is 38.7 Å². The molecule has 5 N–H and O–H groups in total. The molecule has 0 saturated heterocycles. The largest absolute Gasteiger partial charge is 0.508 e. The number of nitrogens with zero attached hydrogens (tertiary/aromatic N) is 2. The molecule has 0 unspecified atom stereocenters. The van der Waals surface area contributed by atoms with Gasteiger partial charge in [-0.25, -0.2) is 9.59 Å². The molecule has 0 saturated carbocycles. The maximum atomic E-state index is 14.7. The second kappa shape index (κ2) is 21.1. The Hall–Kier alpha value is -6.95. The first-order valence-corrected chi connectivity index (χ1v) is 18.2. The van der Waals surface area contributed by atoms with Crippen molar-refractivity contribution in [2.24, 2.45) is 10.7 Å². The van der Waals surface area contributed by atoms with Crippen molar-refractivity contribution < 1.29 is 33.8 Å². The molecule has 12 nitrogen and oxygen atoms in total. The van der Waals surface area contributed by atoms with Gasteiger partial charge in [0.05, 0.1) is 5.92 Å². The lowest BCUT2D eigenvalue weighted by Gasteiger charge is -2.33. The number of hydrogen-bond acceptors (Lipinski definition) is 8. The molecule has 56 heavy (non-hydrogen) atoms. The summed E-state index contributed by atoms with van der Waals surface area (Å²) in [5.74, 6) is -1.83. The van der Waals surface area contributed by atoms with Crippen LogP contribution < -0.4 is 16.4 Å². The summed E-state index contributed by atoms with van der Waals surface area (Å²) in [6.45, 7) is 0.155. The van der Waals surface area contributed by atoms with Crippen LogP contribution >= 0.6 is 0 Å². The Balaban J connectivity index is 1.33. The molecule has 0 fully saturated rings. The van der Waals surface area contributed by atoms with Gasteiger partial charge in [-0.1, -0.05) is 133 Å². The number of guanidine groups is 1. The molecular formula is C44H45N5O7. The van der Waals surface area contributed by atoms with Gasteiger partial charge in [-0.3, -0.25) is 25.2 Å². The van der Waals surface area contributed by atoms with Crippen LogP contribution in [0, 0.1) is 0 Å². The van der Waals surface area contributed by atoms with Crippen LogP contribution in [-0.4, -0.2) is 59.1 Å². The van der Waals surface area contributed by atoms with Crippen molar-refractivity contribution in [3.8, 4) is 5.75 Å². The zero-order chi connectivity index (χ0) is 39.5. The fourth-order valence-corrected chi connectivity index (χ4v) is 6.02. The van der Waals surface area contributed by atoms with E-state index in [1.54, 1.807) is 48.5 Å². The molecule has 12 heteroatoms. The fourth-order valence-electron chi connectivity index (χ4n) is 6.02. The van der Waals surface area contributed by atoms with E-state index in [-0.39, 0.29) is 56.8 Å². The number of carbonyl (C=O) groups excluding carboxylic acids is 4. The molecule has 0 aromatic heterocycles. The van der Waals surface area contributed by atoms with E-state index in [1.807, 2.05) is 97.1 Å². The Morgan fingerprint density at radius 2 is 1.11 bits per heavy atom. The monoisotopic (exact) mass is 755 g/mol. The highest BCUT2D eigenvalue weighted by Gasteiger charge is 2.34. The van der Waals surface area contributed by atoms with Gasteiger partial charge in [0.2, 0.25) is 17.8 Å². The lowest BCUT2D eigenvalue weighted by Crippen LogP contribution is -2.50. The molecule has 5 aromatic carbocycles. The van der Waals surface area contributed by atoms with E-state index < -0.39 is 30.1 Å². The Morgan fingerprint density at radius 3 is 1.57 bits per heavy atom. The minimum Gasteiger partial charge on any atom is -0.508 e. The predicted molar refractivity (Wildman–Crippen MR) is 212 cm³/mol. The van der Waals surface area contributed by atoms with Crippen molar-refractivity contribution in [2.45, 2.75) is 44.4 Å². The number of primary amides is 1. The number of nitrogens with one attached hydrogen (secondary N) is 2. The summed E-state index contributed by atoms with van der Waals surface area (Å²) in [6.07, 6.45) is -0.961. The third-order valence-corrected chi connectivity index (χ3v) is 8.85. The summed E-state index contributed by atoms with van der Waals surface area (Å²) < 4.78 is 10.7. The van der Waals surface area contributed by atoms with Gasteiger partial charge in [0, 0.05) is 13.1 Å². The van der Waals surface area contributed by atoms with Crippen molar-refractivity contribution in [3.63, 3.8) is 0 Å². The van der Waals surface area contributed by atoms with Gasteiger partial charge in [-0.2, -0.15) is 0 Å². The van der Waals surface area contributed by atoms with Crippen LogP contribution in [0.4, 0.5) is 9.59 Å². The molecule has 0 spiro atoms. The number of phenolic OH excluding ortho intramolecular Hbond substituents is 1. The van der Waals surface area contributed by atoms with E-state index in [0.717, 1.165) is 27.8 Å². The zero-order valence-corrected chi connectivity index (χ0v) is 30.8. The highest BCUT2D eigenvalue weighted by Crippen LogP contribution is 2.29. The highest BCUT2D eigenvalue weighted by molar-refractivity contribution is 6.01. The predicted octanol–water partition coefficient (Wildman–Crippen LogP) is 6.44. The maximum absolute atomic E-state index is 14.7. The number of aromatic hydroxyl groups is 1. The van der Waals surface area contributed by atoms with Crippen molar-refractivity contribution >= 4 is 30.0 Å². The molecular weight excluding hydrogens is 711 g/mol. The molecule has 4 amide bonds. The normalized spacial score (nSPS) is 11.2. The summed E-state index contributed by atoms with van der Waals surface area (Å²) in [5, 5.41) is 14.7. The fraction of sp³-hybridized carbons (Fsp3) is 0.205. The summed E-state index contributed by atoms with van der Waals surface area (Å²) >= 11 is 0. The van der Waals surface area contributed by atoms with Crippen molar-refractivity contribution in [3.05, 3.63) is 173 Å². The Kier molecular flexibility index (Phi) is 15.1. The lowest BCUT2D eigenvalue weighted by molar-refractivity contribution is -0.140. The molecule has 5 aromatic rings. The Bertz CT molecular complexity index is 1930. The van der Waals surface area contributed by atoms with E-state index in [0.29, 0.717) is 6.42 Å². The first kappa shape index (κ1) is 40.2. The molecule has 0 heterocycles. The number of amides is 4. The third-order valence-electron chi connectivity index (χ3n) is 8.85. The minimum atomic E-state index is -1.03. The van der Waals surface area contributed by atoms with Gasteiger partial charge >= 0.3 is 12.2 Å². The van der Waals surface area contributed by atoms with E-state index >= 15 is 0 Å². The number of ether oxygens (including phenoxy) is 2. The smallest absolute Gasteiger partial charge is 0.414 e. The SMILES string of the molecule is NC(=O)[C@@H](CCCN=C(NC(=O)OCc1ccccc1)NC(=O)OCc1ccccc1)N(CCc1ccc(O)cc1)C(=O)C(c1ccccc1)c1ccccc1. The number of phenols is 1. The van der Waals surface area contributed by atoms with Crippen LogP contribution in [0.3, 0.4) is 0 Å². The van der Waals surface area contributed by atoms with Crippen molar-refractivity contribution in [1.82, 2.24) is 15.5 Å². The quantitative estimate of drug-likeness (QED) is 0.0510. The minimum absolute atomic E-state index is 0.0142. The van der Waals surface area contributed by atoms with E-state index in [1.165, 1.54) is 4.90 Å². The summed E-state index contributed by atoms with van der Waals surface area (Å²) in [7, 11) is 0. The van der Waals surface area contributed by atoms with Gasteiger partial charge in [0.25, 0.3) is 0 Å². The van der Waals surface area contributed by atoms with Crippen LogP contribution in [0.5, 0.6) is 5.75 Å². The Labute approximate surface area is 326 Å². The summed E-state index contributed by atoms with van der Waals surface area (Å²) in [4.78, 5) is 59.3. The van der Waals surface area contributed by atoms with Crippen LogP contribution in [0.25, 0.3) is 0 Å². The van der Waals surface area contributed by atoms with Gasteiger partial charge in [0.15, 0.2) is 0 Å². The second-order valence-corrected chi connectivity index (χ2v) is 12.9. The standard InChI is InChI=1S/C44H45N5O7/c45-40(51)38(49(29-27-32-23-25-37(50)26-24-32)41(52)39(35-18-9-3-10-19-35)36-20-11-4-12-21-36)22-13-28-46-42(47-43(53)55-30-33-14-5-1-6-15-33)48-44(54)56-31-34-16-7-2-8-17-34/h1-12,14-21,23-26,38-39,50H,13,22,27-31H2,(H2,45,51)(H2,46,47,48,53,54)/t38-/m1/s1. The summed E-state index contributed by atoms with van der Waals surface area (Å²) in [6, 6.07) is 42.5. The number of hydrogen-bond donors (Lipinski definition) is 4. The first-order valence-electron chi connectivity index (χ1n) is 18.2. The third kappa shape index (κ3) is 12.6.